The minimum Gasteiger partial charge on any atom is -0.281 e. The third kappa shape index (κ3) is 2.68. The Bertz CT molecular complexity index is 650. The average Bonchev–Trinajstić information content (AvgIpc) is 2.76. The van der Waals surface area contributed by atoms with E-state index in [1.54, 1.807) is 30.8 Å². The molecule has 1 heterocycles. The van der Waals surface area contributed by atoms with Crippen LogP contribution in [0.5, 0.6) is 0 Å². The van der Waals surface area contributed by atoms with Crippen molar-refractivity contribution in [2.24, 2.45) is 0 Å². The summed E-state index contributed by atoms with van der Waals surface area (Å²) in [6.45, 7) is 1.67. The first-order valence-corrected chi connectivity index (χ1v) is 7.90. The van der Waals surface area contributed by atoms with Gasteiger partial charge in [0.15, 0.2) is 0 Å². The van der Waals surface area contributed by atoms with E-state index >= 15 is 0 Å². The van der Waals surface area contributed by atoms with Gasteiger partial charge in [-0.05, 0) is 31.4 Å². The first kappa shape index (κ1) is 13.0. The molecule has 0 unspecified atom stereocenters. The summed E-state index contributed by atoms with van der Waals surface area (Å²) in [5.41, 5.74) is 1.06. The second-order valence-electron chi connectivity index (χ2n) is 3.70. The summed E-state index contributed by atoms with van der Waals surface area (Å²) >= 11 is 1.56. The van der Waals surface area contributed by atoms with Crippen LogP contribution in [0.25, 0.3) is 0 Å². The third-order valence-corrected chi connectivity index (χ3v) is 4.62. The summed E-state index contributed by atoms with van der Waals surface area (Å²) in [6.07, 6.45) is 3.24. The highest BCUT2D eigenvalue weighted by Gasteiger charge is 2.18. The van der Waals surface area contributed by atoms with Gasteiger partial charge >= 0.3 is 0 Å². The zero-order valence-corrected chi connectivity index (χ0v) is 11.6. The van der Waals surface area contributed by atoms with E-state index in [0.29, 0.717) is 11.4 Å². The van der Waals surface area contributed by atoms with Gasteiger partial charge in [0, 0.05) is 10.6 Å². The topological polar surface area (TPSA) is 74.8 Å². The summed E-state index contributed by atoms with van der Waals surface area (Å²) < 4.78 is 26.7. The predicted octanol–water partition coefficient (Wildman–Crippen LogP) is 2.24. The molecule has 2 N–H and O–H groups in total. The standard InChI is InChI=1S/C11H13N3O2S2/c1-8-11(7-12-13-8)18(15,16)14-9-4-3-5-10(6-9)17-2/h3-7,14H,1-2H3,(H,12,13). The highest BCUT2D eigenvalue weighted by Crippen LogP contribution is 2.22. The summed E-state index contributed by atoms with van der Waals surface area (Å²) in [6, 6.07) is 7.24. The summed E-state index contributed by atoms with van der Waals surface area (Å²) in [4.78, 5) is 1.16. The average molecular weight is 283 g/mol. The molecule has 0 aliphatic rings. The van der Waals surface area contributed by atoms with Crippen molar-refractivity contribution in [3.8, 4) is 0 Å². The number of sulfonamides is 1. The summed E-state index contributed by atoms with van der Waals surface area (Å²) in [5, 5.41) is 6.32. The number of nitrogens with one attached hydrogen (secondary N) is 2. The van der Waals surface area contributed by atoms with Crippen LogP contribution in [-0.2, 0) is 10.0 Å². The van der Waals surface area contributed by atoms with Gasteiger partial charge < -0.3 is 0 Å². The lowest BCUT2D eigenvalue weighted by Crippen LogP contribution is -2.13. The first-order chi connectivity index (χ1) is 8.53. The molecule has 5 nitrogen and oxygen atoms in total. The van der Waals surface area contributed by atoms with Crippen LogP contribution in [0.15, 0.2) is 40.3 Å². The molecule has 0 radical (unpaired) electrons. The van der Waals surface area contributed by atoms with Gasteiger partial charge in [0.2, 0.25) is 0 Å². The van der Waals surface area contributed by atoms with Crippen LogP contribution in [0.1, 0.15) is 5.69 Å². The maximum Gasteiger partial charge on any atom is 0.265 e. The van der Waals surface area contributed by atoms with Gasteiger partial charge in [0.05, 0.1) is 11.9 Å². The lowest BCUT2D eigenvalue weighted by atomic mass is 10.3. The van der Waals surface area contributed by atoms with E-state index in [1.807, 2.05) is 18.4 Å². The number of benzene rings is 1. The van der Waals surface area contributed by atoms with Gasteiger partial charge in [-0.1, -0.05) is 6.07 Å². The van der Waals surface area contributed by atoms with E-state index < -0.39 is 10.0 Å². The lowest BCUT2D eigenvalue weighted by Gasteiger charge is -2.08. The zero-order valence-electron chi connectivity index (χ0n) is 9.97. The molecule has 1 aromatic carbocycles. The minimum atomic E-state index is -3.58. The van der Waals surface area contributed by atoms with Crippen molar-refractivity contribution < 1.29 is 8.42 Å². The van der Waals surface area contributed by atoms with E-state index in [2.05, 4.69) is 14.9 Å². The van der Waals surface area contributed by atoms with Crippen molar-refractivity contribution >= 4 is 27.5 Å². The Labute approximate surface area is 110 Å². The van der Waals surface area contributed by atoms with Crippen molar-refractivity contribution in [3.05, 3.63) is 36.2 Å². The minimum absolute atomic E-state index is 0.164. The predicted molar refractivity (Wildman–Crippen MR) is 72.4 cm³/mol. The molecule has 0 bridgehead atoms. The van der Waals surface area contributed by atoms with Crippen molar-refractivity contribution in [3.63, 3.8) is 0 Å². The van der Waals surface area contributed by atoms with E-state index in [0.717, 1.165) is 4.90 Å². The Morgan fingerprint density at radius 1 is 1.39 bits per heavy atom. The molecule has 0 amide bonds. The molecule has 2 aromatic rings. The molecule has 0 fully saturated rings. The Morgan fingerprint density at radius 3 is 2.78 bits per heavy atom. The molecular formula is C11H13N3O2S2. The molecule has 0 saturated heterocycles. The number of anilines is 1. The largest absolute Gasteiger partial charge is 0.281 e. The van der Waals surface area contributed by atoms with Crippen LogP contribution in [0.2, 0.25) is 0 Å². The van der Waals surface area contributed by atoms with Gasteiger partial charge in [0.1, 0.15) is 4.90 Å². The Morgan fingerprint density at radius 2 is 2.17 bits per heavy atom. The van der Waals surface area contributed by atoms with Crippen LogP contribution in [0.3, 0.4) is 0 Å². The van der Waals surface area contributed by atoms with Crippen LogP contribution >= 0.6 is 11.8 Å². The lowest BCUT2D eigenvalue weighted by molar-refractivity contribution is 0.600. The molecule has 96 valence electrons. The monoisotopic (exact) mass is 283 g/mol. The van der Waals surface area contributed by atoms with Crippen LogP contribution < -0.4 is 4.72 Å². The van der Waals surface area contributed by atoms with Gasteiger partial charge in [0.25, 0.3) is 10.0 Å². The number of thioether (sulfide) groups is 1. The number of nitrogens with zero attached hydrogens (tertiary/aromatic N) is 1. The fraction of sp³-hybridized carbons (Fsp3) is 0.182. The van der Waals surface area contributed by atoms with Crippen molar-refractivity contribution in [1.29, 1.82) is 0 Å². The highest BCUT2D eigenvalue weighted by atomic mass is 32.2. The van der Waals surface area contributed by atoms with Crippen LogP contribution in [0, 0.1) is 6.92 Å². The number of H-pyrrole nitrogens is 1. The van der Waals surface area contributed by atoms with Crippen LogP contribution in [0.4, 0.5) is 5.69 Å². The molecule has 0 aliphatic heterocycles. The Hall–Kier alpha value is -1.47. The molecule has 0 aliphatic carbocycles. The number of aryl methyl sites for hydroxylation is 1. The molecule has 1 aromatic heterocycles. The second kappa shape index (κ2) is 5.03. The molecule has 0 spiro atoms. The molecule has 0 saturated carbocycles. The SMILES string of the molecule is CSc1cccc(NS(=O)(=O)c2cn[nH]c2C)c1. The summed E-state index contributed by atoms with van der Waals surface area (Å²) in [7, 11) is -3.58. The molecule has 7 heteroatoms. The second-order valence-corrected chi connectivity index (χ2v) is 6.23. The van der Waals surface area contributed by atoms with Gasteiger partial charge in [-0.25, -0.2) is 8.42 Å². The Balaban J connectivity index is 2.31. The highest BCUT2D eigenvalue weighted by molar-refractivity contribution is 7.98. The quantitative estimate of drug-likeness (QED) is 0.844. The normalized spacial score (nSPS) is 11.4. The molecule has 0 atom stereocenters. The van der Waals surface area contributed by atoms with E-state index in [4.69, 9.17) is 0 Å². The van der Waals surface area contributed by atoms with Crippen LogP contribution in [-0.4, -0.2) is 24.9 Å². The maximum atomic E-state index is 12.1. The number of aromatic amines is 1. The zero-order chi connectivity index (χ0) is 13.2. The van der Waals surface area contributed by atoms with E-state index in [1.165, 1.54) is 6.20 Å². The number of rotatable bonds is 4. The molecule has 18 heavy (non-hydrogen) atoms. The van der Waals surface area contributed by atoms with E-state index in [9.17, 15) is 8.42 Å². The number of aromatic nitrogens is 2. The van der Waals surface area contributed by atoms with Crippen molar-refractivity contribution in [2.45, 2.75) is 16.7 Å². The number of hydrogen-bond donors (Lipinski definition) is 2. The maximum absolute atomic E-state index is 12.1. The Kier molecular flexibility index (Phi) is 3.63. The molecular weight excluding hydrogens is 270 g/mol. The van der Waals surface area contributed by atoms with Gasteiger partial charge in [-0.2, -0.15) is 5.10 Å². The smallest absolute Gasteiger partial charge is 0.265 e. The van der Waals surface area contributed by atoms with Gasteiger partial charge in [-0.15, -0.1) is 11.8 Å². The van der Waals surface area contributed by atoms with Gasteiger partial charge in [-0.3, -0.25) is 9.82 Å². The molecule has 2 rings (SSSR count). The fourth-order valence-corrected chi connectivity index (χ4v) is 3.15. The van der Waals surface area contributed by atoms with E-state index in [-0.39, 0.29) is 4.90 Å². The number of hydrogen-bond acceptors (Lipinski definition) is 4. The first-order valence-electron chi connectivity index (χ1n) is 5.20. The van der Waals surface area contributed by atoms with Crippen molar-refractivity contribution in [2.75, 3.05) is 11.0 Å². The third-order valence-electron chi connectivity index (χ3n) is 2.40. The fourth-order valence-electron chi connectivity index (χ4n) is 1.51. The van der Waals surface area contributed by atoms with Crippen molar-refractivity contribution in [1.82, 2.24) is 10.2 Å². The summed E-state index contributed by atoms with van der Waals surface area (Å²) in [5.74, 6) is 0.